The van der Waals surface area contributed by atoms with E-state index in [9.17, 15) is 9.18 Å². The number of carboxylic acids is 1. The normalized spacial score (nSPS) is 10.3. The Morgan fingerprint density at radius 1 is 1.30 bits per heavy atom. The molecule has 0 atom stereocenters. The lowest BCUT2D eigenvalue weighted by molar-refractivity contribution is 0.0692. The Morgan fingerprint density at radius 3 is 2.70 bits per heavy atom. The minimum Gasteiger partial charge on any atom is -0.478 e. The van der Waals surface area contributed by atoms with Crippen LogP contribution in [0.25, 0.3) is 0 Å². The highest BCUT2D eigenvalue weighted by atomic mass is 79.9. The number of anilines is 1. The molecule has 0 aliphatic rings. The first-order valence-electron chi connectivity index (χ1n) is 5.68. The van der Waals surface area contributed by atoms with Gasteiger partial charge in [-0.05, 0) is 51.8 Å². The molecule has 0 amide bonds. The van der Waals surface area contributed by atoms with E-state index >= 15 is 0 Å². The molecule has 2 N–H and O–H groups in total. The number of hydrogen-bond donors (Lipinski definition) is 2. The van der Waals surface area contributed by atoms with Crippen LogP contribution in [0, 0.1) is 5.82 Å². The van der Waals surface area contributed by atoms with Crippen molar-refractivity contribution in [2.75, 3.05) is 5.32 Å². The number of nitrogens with one attached hydrogen (secondary N) is 1. The fourth-order valence-corrected chi connectivity index (χ4v) is 2.20. The van der Waals surface area contributed by atoms with Crippen LogP contribution < -0.4 is 5.32 Å². The van der Waals surface area contributed by atoms with Crippen LogP contribution in [0.4, 0.5) is 10.1 Å². The van der Waals surface area contributed by atoms with Crippen LogP contribution in [0.15, 0.2) is 40.9 Å². The van der Waals surface area contributed by atoms with E-state index in [0.717, 1.165) is 16.1 Å². The molecule has 0 bridgehead atoms. The number of benzene rings is 2. The molecule has 20 heavy (non-hydrogen) atoms. The van der Waals surface area contributed by atoms with Crippen LogP contribution in [0.2, 0.25) is 5.02 Å². The van der Waals surface area contributed by atoms with E-state index in [0.29, 0.717) is 17.3 Å². The van der Waals surface area contributed by atoms with Crippen molar-refractivity contribution >= 4 is 39.2 Å². The van der Waals surface area contributed by atoms with E-state index < -0.39 is 11.8 Å². The number of rotatable bonds is 4. The first kappa shape index (κ1) is 14.8. The van der Waals surface area contributed by atoms with Gasteiger partial charge >= 0.3 is 5.97 Å². The van der Waals surface area contributed by atoms with Crippen molar-refractivity contribution in [2.45, 2.75) is 6.54 Å². The van der Waals surface area contributed by atoms with Gasteiger partial charge in [0.05, 0.1) is 10.6 Å². The molecule has 0 saturated heterocycles. The topological polar surface area (TPSA) is 49.3 Å². The molecule has 2 rings (SSSR count). The fraction of sp³-hybridized carbons (Fsp3) is 0.0714. The Labute approximate surface area is 128 Å². The van der Waals surface area contributed by atoms with Gasteiger partial charge in [0.2, 0.25) is 0 Å². The molecule has 0 fully saturated rings. The molecule has 2 aromatic carbocycles. The summed E-state index contributed by atoms with van der Waals surface area (Å²) in [6.45, 7) is 0.473. The van der Waals surface area contributed by atoms with Gasteiger partial charge in [0.15, 0.2) is 0 Å². The Morgan fingerprint density at radius 2 is 2.05 bits per heavy atom. The number of carboxylic acid groups (broad SMARTS) is 1. The molecule has 0 aliphatic carbocycles. The zero-order chi connectivity index (χ0) is 14.7. The molecule has 0 aromatic heterocycles. The predicted octanol–water partition coefficient (Wildman–Crippen LogP) is 4.55. The van der Waals surface area contributed by atoms with Gasteiger partial charge in [0.1, 0.15) is 5.82 Å². The summed E-state index contributed by atoms with van der Waals surface area (Å²) >= 11 is 9.22. The molecule has 6 heteroatoms. The Hall–Kier alpha value is -1.59. The molecule has 104 valence electrons. The summed E-state index contributed by atoms with van der Waals surface area (Å²) in [5.41, 5.74) is 1.14. The number of hydrogen-bond acceptors (Lipinski definition) is 2. The summed E-state index contributed by atoms with van der Waals surface area (Å²) < 4.78 is 14.0. The molecule has 0 unspecified atom stereocenters. The monoisotopic (exact) mass is 357 g/mol. The summed E-state index contributed by atoms with van der Waals surface area (Å²) in [6.07, 6.45) is 0. The molecule has 2 aromatic rings. The van der Waals surface area contributed by atoms with Gasteiger partial charge in [-0.25, -0.2) is 9.18 Å². The average Bonchev–Trinajstić information content (AvgIpc) is 2.41. The Bertz CT molecular complexity index is 664. The summed E-state index contributed by atoms with van der Waals surface area (Å²) in [4.78, 5) is 10.8. The minimum absolute atomic E-state index is 0.354. The highest BCUT2D eigenvalue weighted by Crippen LogP contribution is 2.24. The maximum absolute atomic E-state index is 13.3. The van der Waals surface area contributed by atoms with Crippen LogP contribution in [0.5, 0.6) is 0 Å². The molecule has 0 aliphatic heterocycles. The van der Waals surface area contributed by atoms with Crippen molar-refractivity contribution in [3.8, 4) is 0 Å². The smallest absolute Gasteiger partial charge is 0.338 e. The third-order valence-electron chi connectivity index (χ3n) is 2.68. The SMILES string of the molecule is O=C(O)c1cc(NCc2ccc(Cl)c(Br)c2)ccc1F. The lowest BCUT2D eigenvalue weighted by Crippen LogP contribution is -2.04. The number of carbonyl (C=O) groups is 1. The molecule has 0 radical (unpaired) electrons. The second-order valence-electron chi connectivity index (χ2n) is 4.10. The second kappa shape index (κ2) is 6.24. The van der Waals surface area contributed by atoms with Crippen LogP contribution in [-0.4, -0.2) is 11.1 Å². The van der Waals surface area contributed by atoms with Crippen molar-refractivity contribution in [1.82, 2.24) is 0 Å². The molecular weight excluding hydrogens is 349 g/mol. The fourth-order valence-electron chi connectivity index (χ4n) is 1.65. The lowest BCUT2D eigenvalue weighted by Gasteiger charge is -2.08. The average molecular weight is 359 g/mol. The zero-order valence-electron chi connectivity index (χ0n) is 10.2. The maximum Gasteiger partial charge on any atom is 0.338 e. The third kappa shape index (κ3) is 3.49. The van der Waals surface area contributed by atoms with Gasteiger partial charge in [-0.15, -0.1) is 0 Å². The Kier molecular flexibility index (Phi) is 4.62. The maximum atomic E-state index is 13.3. The van der Waals surface area contributed by atoms with E-state index in [1.807, 2.05) is 12.1 Å². The van der Waals surface area contributed by atoms with Gasteiger partial charge in [-0.2, -0.15) is 0 Å². The van der Waals surface area contributed by atoms with Gasteiger partial charge in [0, 0.05) is 16.7 Å². The van der Waals surface area contributed by atoms with E-state index in [1.165, 1.54) is 12.1 Å². The predicted molar refractivity (Wildman–Crippen MR) is 79.8 cm³/mol. The van der Waals surface area contributed by atoms with Gasteiger partial charge in [-0.3, -0.25) is 0 Å². The van der Waals surface area contributed by atoms with Crippen molar-refractivity contribution in [3.05, 3.63) is 62.8 Å². The number of aromatic carboxylic acids is 1. The second-order valence-corrected chi connectivity index (χ2v) is 5.36. The van der Waals surface area contributed by atoms with Gasteiger partial charge in [-0.1, -0.05) is 17.7 Å². The highest BCUT2D eigenvalue weighted by molar-refractivity contribution is 9.10. The zero-order valence-corrected chi connectivity index (χ0v) is 12.5. The Balaban J connectivity index is 2.12. The van der Waals surface area contributed by atoms with Crippen LogP contribution in [0.3, 0.4) is 0 Å². The van der Waals surface area contributed by atoms with Crippen molar-refractivity contribution in [3.63, 3.8) is 0 Å². The molecule has 3 nitrogen and oxygen atoms in total. The summed E-state index contributed by atoms with van der Waals surface area (Å²) in [7, 11) is 0. The molecule has 0 spiro atoms. The van der Waals surface area contributed by atoms with Crippen LogP contribution in [-0.2, 0) is 6.54 Å². The number of halogens is 3. The van der Waals surface area contributed by atoms with Crippen molar-refractivity contribution in [1.29, 1.82) is 0 Å². The first-order valence-corrected chi connectivity index (χ1v) is 6.85. The molecular formula is C14H10BrClFNO2. The molecule has 0 saturated carbocycles. The van der Waals surface area contributed by atoms with E-state index in [2.05, 4.69) is 21.2 Å². The standard InChI is InChI=1S/C14H10BrClFNO2/c15-11-5-8(1-3-12(11)16)7-18-9-2-4-13(17)10(6-9)14(19)20/h1-6,18H,7H2,(H,19,20). The lowest BCUT2D eigenvalue weighted by atomic mass is 10.1. The van der Waals surface area contributed by atoms with E-state index in [4.69, 9.17) is 16.7 Å². The first-order chi connectivity index (χ1) is 9.47. The van der Waals surface area contributed by atoms with Gasteiger partial charge in [0.25, 0.3) is 0 Å². The van der Waals surface area contributed by atoms with Crippen LogP contribution >= 0.6 is 27.5 Å². The van der Waals surface area contributed by atoms with Crippen LogP contribution in [0.1, 0.15) is 15.9 Å². The van der Waals surface area contributed by atoms with Crippen molar-refractivity contribution in [2.24, 2.45) is 0 Å². The van der Waals surface area contributed by atoms with E-state index in [-0.39, 0.29) is 5.56 Å². The summed E-state index contributed by atoms with van der Waals surface area (Å²) in [6, 6.07) is 9.35. The minimum atomic E-state index is -1.29. The van der Waals surface area contributed by atoms with Crippen molar-refractivity contribution < 1.29 is 14.3 Å². The third-order valence-corrected chi connectivity index (χ3v) is 3.89. The summed E-state index contributed by atoms with van der Waals surface area (Å²) in [5.74, 6) is -2.04. The quantitative estimate of drug-likeness (QED) is 0.843. The summed E-state index contributed by atoms with van der Waals surface area (Å²) in [5, 5.41) is 12.5. The van der Waals surface area contributed by atoms with Gasteiger partial charge < -0.3 is 10.4 Å². The molecule has 0 heterocycles. The highest BCUT2D eigenvalue weighted by Gasteiger charge is 2.10. The largest absolute Gasteiger partial charge is 0.478 e. The van der Waals surface area contributed by atoms with E-state index in [1.54, 1.807) is 6.07 Å².